The number of hydrogen-bond donors (Lipinski definition) is 3. The summed E-state index contributed by atoms with van der Waals surface area (Å²) in [5, 5.41) is 8.48. The van der Waals surface area contributed by atoms with Crippen LogP contribution in [0.15, 0.2) is 24.3 Å². The standard InChI is InChI=1S/C17H20F3N3O2/c1-9(11-4-2-3-5-12(11)17(18,19)20)21-16(25)13-8-14(24)23-15(22-13)10-6-7-10/h2-5,9-10,13,15,22H,6-8H2,1H3,(H,21,25)(H,23,24). The van der Waals surface area contributed by atoms with Gasteiger partial charge in [0.2, 0.25) is 11.8 Å². The van der Waals surface area contributed by atoms with Crippen molar-refractivity contribution in [2.24, 2.45) is 5.92 Å². The molecule has 5 nitrogen and oxygen atoms in total. The summed E-state index contributed by atoms with van der Waals surface area (Å²) in [5.74, 6) is -0.368. The number of carbonyl (C=O) groups is 2. The van der Waals surface area contributed by atoms with Crippen molar-refractivity contribution < 1.29 is 22.8 Å². The average Bonchev–Trinajstić information content (AvgIpc) is 3.38. The van der Waals surface area contributed by atoms with E-state index in [0.717, 1.165) is 18.9 Å². The lowest BCUT2D eigenvalue weighted by Gasteiger charge is -2.32. The summed E-state index contributed by atoms with van der Waals surface area (Å²) in [6.45, 7) is 1.50. The SMILES string of the molecule is CC(NC(=O)C1CC(=O)NC(C2CC2)N1)c1ccccc1C(F)(F)F. The topological polar surface area (TPSA) is 70.2 Å². The van der Waals surface area contributed by atoms with Crippen LogP contribution in [-0.2, 0) is 15.8 Å². The molecule has 1 saturated carbocycles. The number of amides is 2. The highest BCUT2D eigenvalue weighted by atomic mass is 19.4. The van der Waals surface area contributed by atoms with Crippen LogP contribution < -0.4 is 16.0 Å². The van der Waals surface area contributed by atoms with Gasteiger partial charge in [-0.3, -0.25) is 14.9 Å². The van der Waals surface area contributed by atoms with E-state index in [4.69, 9.17) is 0 Å². The van der Waals surface area contributed by atoms with Crippen molar-refractivity contribution in [3.63, 3.8) is 0 Å². The second kappa shape index (κ2) is 6.67. The van der Waals surface area contributed by atoms with E-state index >= 15 is 0 Å². The molecule has 136 valence electrons. The first-order valence-electron chi connectivity index (χ1n) is 8.27. The van der Waals surface area contributed by atoms with Crippen LogP contribution in [0.5, 0.6) is 0 Å². The monoisotopic (exact) mass is 355 g/mol. The third-order valence-corrected chi connectivity index (χ3v) is 4.59. The summed E-state index contributed by atoms with van der Waals surface area (Å²) >= 11 is 0. The first-order valence-corrected chi connectivity index (χ1v) is 8.27. The Morgan fingerprint density at radius 3 is 2.60 bits per heavy atom. The van der Waals surface area contributed by atoms with Crippen molar-refractivity contribution >= 4 is 11.8 Å². The maximum Gasteiger partial charge on any atom is 0.416 e. The molecule has 3 rings (SSSR count). The Kier molecular flexibility index (Phi) is 4.73. The molecule has 0 aromatic heterocycles. The van der Waals surface area contributed by atoms with Crippen molar-refractivity contribution in [3.8, 4) is 0 Å². The lowest BCUT2D eigenvalue weighted by atomic mass is 10.00. The number of alkyl halides is 3. The Morgan fingerprint density at radius 1 is 1.28 bits per heavy atom. The van der Waals surface area contributed by atoms with Crippen LogP contribution in [0.4, 0.5) is 13.2 Å². The first kappa shape index (κ1) is 17.7. The van der Waals surface area contributed by atoms with Crippen LogP contribution in [-0.4, -0.2) is 24.0 Å². The first-order chi connectivity index (χ1) is 11.8. The smallest absolute Gasteiger partial charge is 0.348 e. The van der Waals surface area contributed by atoms with Gasteiger partial charge in [0.15, 0.2) is 0 Å². The second-order valence-electron chi connectivity index (χ2n) is 6.62. The fourth-order valence-corrected chi connectivity index (χ4v) is 3.11. The molecule has 0 spiro atoms. The van der Waals surface area contributed by atoms with E-state index in [9.17, 15) is 22.8 Å². The van der Waals surface area contributed by atoms with Crippen LogP contribution >= 0.6 is 0 Å². The Balaban J connectivity index is 1.69. The maximum absolute atomic E-state index is 13.1. The molecule has 1 aliphatic heterocycles. The van der Waals surface area contributed by atoms with Crippen molar-refractivity contribution in [2.75, 3.05) is 0 Å². The minimum absolute atomic E-state index is 0.00218. The number of halogens is 3. The Morgan fingerprint density at radius 2 is 1.96 bits per heavy atom. The molecular formula is C17H20F3N3O2. The number of rotatable bonds is 4. The number of benzene rings is 1. The Bertz CT molecular complexity index is 673. The summed E-state index contributed by atoms with van der Waals surface area (Å²) in [6, 6.07) is 3.60. The van der Waals surface area contributed by atoms with E-state index in [1.165, 1.54) is 25.1 Å². The van der Waals surface area contributed by atoms with Crippen molar-refractivity contribution in [1.82, 2.24) is 16.0 Å². The minimum Gasteiger partial charge on any atom is -0.348 e. The zero-order valence-electron chi connectivity index (χ0n) is 13.7. The van der Waals surface area contributed by atoms with Gasteiger partial charge in [-0.15, -0.1) is 0 Å². The van der Waals surface area contributed by atoms with Gasteiger partial charge in [0.25, 0.3) is 0 Å². The number of hydrogen-bond acceptors (Lipinski definition) is 3. The molecule has 1 aromatic rings. The van der Waals surface area contributed by atoms with Crippen molar-refractivity contribution in [3.05, 3.63) is 35.4 Å². The molecule has 3 N–H and O–H groups in total. The van der Waals surface area contributed by atoms with Gasteiger partial charge in [-0.25, -0.2) is 0 Å². The molecule has 2 fully saturated rings. The van der Waals surface area contributed by atoms with E-state index < -0.39 is 29.7 Å². The van der Waals surface area contributed by atoms with E-state index in [2.05, 4.69) is 16.0 Å². The molecule has 2 amide bonds. The normalized spacial score (nSPS) is 25.2. The summed E-state index contributed by atoms with van der Waals surface area (Å²) < 4.78 is 39.4. The summed E-state index contributed by atoms with van der Waals surface area (Å²) in [7, 11) is 0. The summed E-state index contributed by atoms with van der Waals surface area (Å²) in [4.78, 5) is 24.2. The largest absolute Gasteiger partial charge is 0.416 e. The van der Waals surface area contributed by atoms with Crippen LogP contribution in [0.3, 0.4) is 0 Å². The lowest BCUT2D eigenvalue weighted by molar-refractivity contribution is -0.139. The van der Waals surface area contributed by atoms with Crippen LogP contribution in [0.2, 0.25) is 0 Å². The fourth-order valence-electron chi connectivity index (χ4n) is 3.11. The minimum atomic E-state index is -4.49. The van der Waals surface area contributed by atoms with Crippen LogP contribution in [0.25, 0.3) is 0 Å². The molecular weight excluding hydrogens is 335 g/mol. The predicted molar refractivity (Wildman–Crippen MR) is 84.2 cm³/mol. The number of nitrogens with one attached hydrogen (secondary N) is 3. The Hall–Kier alpha value is -2.09. The molecule has 25 heavy (non-hydrogen) atoms. The van der Waals surface area contributed by atoms with Gasteiger partial charge in [-0.1, -0.05) is 18.2 Å². The van der Waals surface area contributed by atoms with Gasteiger partial charge in [0, 0.05) is 0 Å². The van der Waals surface area contributed by atoms with Gasteiger partial charge in [-0.2, -0.15) is 13.2 Å². The quantitative estimate of drug-likeness (QED) is 0.775. The molecule has 2 aliphatic rings. The lowest BCUT2D eigenvalue weighted by Crippen LogP contribution is -2.61. The molecule has 1 heterocycles. The molecule has 0 radical (unpaired) electrons. The highest BCUT2D eigenvalue weighted by molar-refractivity contribution is 5.89. The van der Waals surface area contributed by atoms with Crippen LogP contribution in [0.1, 0.15) is 43.4 Å². The van der Waals surface area contributed by atoms with Crippen molar-refractivity contribution in [2.45, 2.75) is 50.6 Å². The van der Waals surface area contributed by atoms with Gasteiger partial charge < -0.3 is 10.6 Å². The summed E-state index contributed by atoms with van der Waals surface area (Å²) in [6.07, 6.45) is -2.78. The van der Waals surface area contributed by atoms with Gasteiger partial charge >= 0.3 is 6.18 Å². The highest BCUT2D eigenvalue weighted by Gasteiger charge is 2.40. The van der Waals surface area contributed by atoms with E-state index in [1.807, 2.05) is 0 Å². The molecule has 0 bridgehead atoms. The van der Waals surface area contributed by atoms with E-state index in [1.54, 1.807) is 0 Å². The highest BCUT2D eigenvalue weighted by Crippen LogP contribution is 2.35. The molecule has 1 saturated heterocycles. The maximum atomic E-state index is 13.1. The second-order valence-corrected chi connectivity index (χ2v) is 6.62. The van der Waals surface area contributed by atoms with Gasteiger partial charge in [0.1, 0.15) is 0 Å². The molecule has 1 aromatic carbocycles. The van der Waals surface area contributed by atoms with Gasteiger partial charge in [-0.05, 0) is 37.3 Å². The zero-order valence-corrected chi connectivity index (χ0v) is 13.7. The van der Waals surface area contributed by atoms with Crippen LogP contribution in [0, 0.1) is 5.92 Å². The average molecular weight is 355 g/mol. The molecule has 1 aliphatic carbocycles. The van der Waals surface area contributed by atoms with Crippen molar-refractivity contribution in [1.29, 1.82) is 0 Å². The predicted octanol–water partition coefficient (Wildman–Crippen LogP) is 2.10. The van der Waals surface area contributed by atoms with E-state index in [0.29, 0.717) is 5.92 Å². The molecule has 3 unspecified atom stereocenters. The third kappa shape index (κ3) is 4.12. The van der Waals surface area contributed by atoms with Gasteiger partial charge in [0.05, 0.1) is 30.2 Å². The third-order valence-electron chi connectivity index (χ3n) is 4.59. The number of carbonyl (C=O) groups excluding carboxylic acids is 2. The molecule has 8 heteroatoms. The zero-order chi connectivity index (χ0) is 18.2. The van der Waals surface area contributed by atoms with E-state index in [-0.39, 0.29) is 24.1 Å². The Labute approximate surface area is 143 Å². The summed E-state index contributed by atoms with van der Waals surface area (Å²) in [5.41, 5.74) is -0.768. The fraction of sp³-hybridized carbons (Fsp3) is 0.529. The molecule has 3 atom stereocenters.